The minimum atomic E-state index is 0.521. The quantitative estimate of drug-likeness (QED) is 0.750. The van der Waals surface area contributed by atoms with E-state index in [1.165, 1.54) is 24.9 Å². The third-order valence-electron chi connectivity index (χ3n) is 3.65. The molecule has 3 nitrogen and oxygen atoms in total. The van der Waals surface area contributed by atoms with Crippen LogP contribution in [0.4, 0.5) is 0 Å². The van der Waals surface area contributed by atoms with Crippen LogP contribution in [0.2, 0.25) is 0 Å². The lowest BCUT2D eigenvalue weighted by molar-refractivity contribution is 0.232. The fraction of sp³-hybridized carbons (Fsp3) is 0.647. The molecule has 0 saturated heterocycles. The Labute approximate surface area is 123 Å². The molecule has 2 rings (SSSR count). The van der Waals surface area contributed by atoms with E-state index in [2.05, 4.69) is 55.4 Å². The number of nitrogens with one attached hydrogen (secondary N) is 1. The SMILES string of the molecule is CC(C)NCc1ccc(OCCN(C)CC2CC2)cc1. The van der Waals surface area contributed by atoms with Gasteiger partial charge >= 0.3 is 0 Å². The normalized spacial score (nSPS) is 15.1. The van der Waals surface area contributed by atoms with Gasteiger partial charge in [0.1, 0.15) is 12.4 Å². The first kappa shape index (κ1) is 15.3. The molecule has 0 bridgehead atoms. The summed E-state index contributed by atoms with van der Waals surface area (Å²) >= 11 is 0. The fourth-order valence-electron chi connectivity index (χ4n) is 2.18. The Balaban J connectivity index is 1.64. The molecule has 0 spiro atoms. The van der Waals surface area contributed by atoms with E-state index in [-0.39, 0.29) is 0 Å². The molecular weight excluding hydrogens is 248 g/mol. The van der Waals surface area contributed by atoms with E-state index in [0.717, 1.165) is 31.4 Å². The van der Waals surface area contributed by atoms with Crippen molar-refractivity contribution in [3.05, 3.63) is 29.8 Å². The first-order valence-electron chi connectivity index (χ1n) is 7.77. The lowest BCUT2D eigenvalue weighted by atomic mass is 10.2. The van der Waals surface area contributed by atoms with Gasteiger partial charge in [0, 0.05) is 25.7 Å². The standard InChI is InChI=1S/C17H28N2O/c1-14(2)18-12-15-6-8-17(9-7-15)20-11-10-19(3)13-16-4-5-16/h6-9,14,16,18H,4-5,10-13H2,1-3H3. The number of benzene rings is 1. The maximum Gasteiger partial charge on any atom is 0.119 e. The van der Waals surface area contributed by atoms with E-state index in [1.807, 2.05) is 0 Å². The Morgan fingerprint density at radius 2 is 1.95 bits per heavy atom. The number of rotatable bonds is 9. The molecule has 0 aliphatic heterocycles. The number of hydrogen-bond acceptors (Lipinski definition) is 3. The van der Waals surface area contributed by atoms with Crippen molar-refractivity contribution in [2.45, 2.75) is 39.3 Å². The first-order valence-corrected chi connectivity index (χ1v) is 7.77. The number of likely N-dealkylation sites (N-methyl/N-ethyl adjacent to an activating group) is 1. The first-order chi connectivity index (χ1) is 9.63. The Kier molecular flexibility index (Phi) is 5.86. The van der Waals surface area contributed by atoms with Gasteiger partial charge in [-0.25, -0.2) is 0 Å². The maximum absolute atomic E-state index is 5.80. The summed E-state index contributed by atoms with van der Waals surface area (Å²) in [7, 11) is 2.18. The number of nitrogens with zero attached hydrogens (tertiary/aromatic N) is 1. The van der Waals surface area contributed by atoms with Crippen LogP contribution in [-0.4, -0.2) is 37.7 Å². The summed E-state index contributed by atoms with van der Waals surface area (Å²) in [4.78, 5) is 2.37. The van der Waals surface area contributed by atoms with Crippen LogP contribution in [-0.2, 0) is 6.54 Å². The second-order valence-corrected chi connectivity index (χ2v) is 6.23. The van der Waals surface area contributed by atoms with E-state index in [4.69, 9.17) is 4.74 Å². The van der Waals surface area contributed by atoms with Crippen molar-refractivity contribution >= 4 is 0 Å². The molecule has 0 unspecified atom stereocenters. The van der Waals surface area contributed by atoms with E-state index in [9.17, 15) is 0 Å². The summed E-state index contributed by atoms with van der Waals surface area (Å²) in [6.45, 7) is 8.25. The van der Waals surface area contributed by atoms with Gasteiger partial charge in [0.25, 0.3) is 0 Å². The van der Waals surface area contributed by atoms with Crippen LogP contribution in [0.5, 0.6) is 5.75 Å². The zero-order valence-corrected chi connectivity index (χ0v) is 13.1. The van der Waals surface area contributed by atoms with Crippen molar-refractivity contribution in [3.63, 3.8) is 0 Å². The average molecular weight is 276 g/mol. The van der Waals surface area contributed by atoms with Crippen molar-refractivity contribution in [1.29, 1.82) is 0 Å². The minimum Gasteiger partial charge on any atom is -0.492 e. The number of hydrogen-bond donors (Lipinski definition) is 1. The van der Waals surface area contributed by atoms with Gasteiger partial charge in [-0.2, -0.15) is 0 Å². The van der Waals surface area contributed by atoms with Gasteiger partial charge in [0.05, 0.1) is 0 Å². The van der Waals surface area contributed by atoms with Crippen LogP contribution in [0.25, 0.3) is 0 Å². The molecule has 1 aromatic rings. The summed E-state index contributed by atoms with van der Waals surface area (Å²) in [5.74, 6) is 1.92. The molecule has 1 saturated carbocycles. The Hall–Kier alpha value is -1.06. The van der Waals surface area contributed by atoms with Crippen molar-refractivity contribution in [1.82, 2.24) is 10.2 Å². The highest BCUT2D eigenvalue weighted by molar-refractivity contribution is 5.27. The van der Waals surface area contributed by atoms with Gasteiger partial charge in [-0.1, -0.05) is 26.0 Å². The average Bonchev–Trinajstić information content (AvgIpc) is 3.21. The molecule has 0 radical (unpaired) electrons. The van der Waals surface area contributed by atoms with Crippen LogP contribution in [0.1, 0.15) is 32.3 Å². The van der Waals surface area contributed by atoms with Gasteiger partial charge in [-0.05, 0) is 43.5 Å². The van der Waals surface area contributed by atoms with Gasteiger partial charge in [-0.15, -0.1) is 0 Å². The Bertz CT molecular complexity index is 384. The Morgan fingerprint density at radius 1 is 1.25 bits per heavy atom. The second kappa shape index (κ2) is 7.65. The van der Waals surface area contributed by atoms with E-state index < -0.39 is 0 Å². The molecule has 20 heavy (non-hydrogen) atoms. The van der Waals surface area contributed by atoms with E-state index >= 15 is 0 Å². The molecular formula is C17H28N2O. The smallest absolute Gasteiger partial charge is 0.119 e. The zero-order valence-electron chi connectivity index (χ0n) is 13.1. The third-order valence-corrected chi connectivity index (χ3v) is 3.65. The van der Waals surface area contributed by atoms with Gasteiger partial charge in [0.2, 0.25) is 0 Å². The molecule has 112 valence electrons. The second-order valence-electron chi connectivity index (χ2n) is 6.23. The lowest BCUT2D eigenvalue weighted by Gasteiger charge is -2.16. The van der Waals surface area contributed by atoms with E-state index in [0.29, 0.717) is 6.04 Å². The third kappa shape index (κ3) is 5.93. The molecule has 0 atom stereocenters. The summed E-state index contributed by atoms with van der Waals surface area (Å²) < 4.78 is 5.80. The van der Waals surface area contributed by atoms with Crippen LogP contribution in [0.15, 0.2) is 24.3 Å². The molecule has 1 fully saturated rings. The number of ether oxygens (including phenoxy) is 1. The zero-order chi connectivity index (χ0) is 14.4. The predicted molar refractivity (Wildman–Crippen MR) is 84.1 cm³/mol. The van der Waals surface area contributed by atoms with Gasteiger partial charge < -0.3 is 15.0 Å². The van der Waals surface area contributed by atoms with Crippen molar-refractivity contribution in [2.75, 3.05) is 26.7 Å². The van der Waals surface area contributed by atoms with Crippen LogP contribution >= 0.6 is 0 Å². The van der Waals surface area contributed by atoms with Crippen LogP contribution in [0.3, 0.4) is 0 Å². The summed E-state index contributed by atoms with van der Waals surface area (Å²) in [5, 5.41) is 3.42. The van der Waals surface area contributed by atoms with E-state index in [1.54, 1.807) is 0 Å². The van der Waals surface area contributed by atoms with Gasteiger partial charge in [-0.3, -0.25) is 0 Å². The largest absolute Gasteiger partial charge is 0.492 e. The van der Waals surface area contributed by atoms with Gasteiger partial charge in [0.15, 0.2) is 0 Å². The Morgan fingerprint density at radius 3 is 2.55 bits per heavy atom. The fourth-order valence-corrected chi connectivity index (χ4v) is 2.18. The summed E-state index contributed by atoms with van der Waals surface area (Å²) in [5.41, 5.74) is 1.30. The minimum absolute atomic E-state index is 0.521. The molecule has 0 heterocycles. The molecule has 1 aromatic carbocycles. The molecule has 1 N–H and O–H groups in total. The van der Waals surface area contributed by atoms with Crippen molar-refractivity contribution in [2.24, 2.45) is 5.92 Å². The summed E-state index contributed by atoms with van der Waals surface area (Å²) in [6.07, 6.45) is 2.83. The van der Waals surface area contributed by atoms with Crippen LogP contribution in [0, 0.1) is 5.92 Å². The molecule has 3 heteroatoms. The molecule has 1 aliphatic rings. The van der Waals surface area contributed by atoms with Crippen molar-refractivity contribution in [3.8, 4) is 5.75 Å². The van der Waals surface area contributed by atoms with Crippen LogP contribution < -0.4 is 10.1 Å². The maximum atomic E-state index is 5.80. The highest BCUT2D eigenvalue weighted by Gasteiger charge is 2.22. The predicted octanol–water partition coefficient (Wildman–Crippen LogP) is 2.91. The molecule has 1 aliphatic carbocycles. The lowest BCUT2D eigenvalue weighted by Crippen LogP contribution is -2.26. The highest BCUT2D eigenvalue weighted by atomic mass is 16.5. The van der Waals surface area contributed by atoms with Crippen molar-refractivity contribution < 1.29 is 4.74 Å². The molecule has 0 amide bonds. The monoisotopic (exact) mass is 276 g/mol. The summed E-state index contributed by atoms with van der Waals surface area (Å²) in [6, 6.07) is 8.93. The topological polar surface area (TPSA) is 24.5 Å². The highest BCUT2D eigenvalue weighted by Crippen LogP contribution is 2.29. The molecule has 0 aromatic heterocycles.